The molecule has 1 saturated carbocycles. The zero-order chi connectivity index (χ0) is 20.0. The lowest BCUT2D eigenvalue weighted by Gasteiger charge is -2.17. The minimum Gasteiger partial charge on any atom is -0.424 e. The maximum Gasteiger partial charge on any atom is 0.263 e. The van der Waals surface area contributed by atoms with Crippen LogP contribution in [-0.4, -0.2) is 19.7 Å². The molecule has 2 aliphatic rings. The average Bonchev–Trinajstić information content (AvgIpc) is 3.42. The Morgan fingerprint density at radius 1 is 1.24 bits per heavy atom. The standard InChI is InChI=1S/C21H26N4O2S2/c1-3-12(2)25-20(26)17-14-7-5-4-6-8-15(14)29-19(17)22-21(25)28-11-16-23-24-18(27-16)13-9-10-13/h12-13H,3-11H2,1-2H3. The maximum atomic E-state index is 13.6. The van der Waals surface area contributed by atoms with Crippen LogP contribution in [0.1, 0.15) is 86.6 Å². The lowest BCUT2D eigenvalue weighted by molar-refractivity contribution is 0.461. The molecule has 0 amide bonds. The second-order valence-corrected chi connectivity index (χ2v) is 10.2. The summed E-state index contributed by atoms with van der Waals surface area (Å²) in [7, 11) is 0. The molecule has 0 saturated heterocycles. The molecule has 1 fully saturated rings. The molecule has 0 bridgehead atoms. The number of hydrogen-bond donors (Lipinski definition) is 0. The second-order valence-electron chi connectivity index (χ2n) is 8.17. The summed E-state index contributed by atoms with van der Waals surface area (Å²) in [6.07, 6.45) is 8.88. The van der Waals surface area contributed by atoms with Gasteiger partial charge in [0.15, 0.2) is 5.16 Å². The summed E-state index contributed by atoms with van der Waals surface area (Å²) in [6.45, 7) is 4.21. The SMILES string of the molecule is CCC(C)n1c(SCc2nnc(C3CC3)o2)nc2sc3c(c2c1=O)CCCCC3. The van der Waals surface area contributed by atoms with E-state index in [9.17, 15) is 4.79 Å². The highest BCUT2D eigenvalue weighted by atomic mass is 32.2. The summed E-state index contributed by atoms with van der Waals surface area (Å²) < 4.78 is 7.69. The molecule has 8 heteroatoms. The topological polar surface area (TPSA) is 73.8 Å². The largest absolute Gasteiger partial charge is 0.424 e. The molecule has 0 radical (unpaired) electrons. The summed E-state index contributed by atoms with van der Waals surface area (Å²) in [5.41, 5.74) is 1.38. The molecule has 3 heterocycles. The maximum absolute atomic E-state index is 13.6. The highest BCUT2D eigenvalue weighted by molar-refractivity contribution is 7.98. The monoisotopic (exact) mass is 430 g/mol. The molecule has 6 nitrogen and oxygen atoms in total. The molecule has 5 rings (SSSR count). The second kappa shape index (κ2) is 7.87. The first-order chi connectivity index (χ1) is 14.2. The van der Waals surface area contributed by atoms with Gasteiger partial charge in [-0.05, 0) is 57.4 Å². The third kappa shape index (κ3) is 3.65. The minimum absolute atomic E-state index is 0.105. The van der Waals surface area contributed by atoms with Crippen molar-refractivity contribution in [2.45, 2.75) is 88.1 Å². The molecular formula is C21H26N4O2S2. The van der Waals surface area contributed by atoms with Crippen LogP contribution >= 0.6 is 23.1 Å². The first kappa shape index (κ1) is 19.3. The van der Waals surface area contributed by atoms with Crippen LogP contribution in [0.5, 0.6) is 0 Å². The zero-order valence-corrected chi connectivity index (χ0v) is 18.6. The van der Waals surface area contributed by atoms with Gasteiger partial charge >= 0.3 is 0 Å². The van der Waals surface area contributed by atoms with Crippen molar-refractivity contribution in [3.05, 3.63) is 32.6 Å². The van der Waals surface area contributed by atoms with E-state index in [1.807, 2.05) is 4.57 Å². The molecular weight excluding hydrogens is 404 g/mol. The Morgan fingerprint density at radius 3 is 2.86 bits per heavy atom. The molecule has 2 aliphatic carbocycles. The van der Waals surface area contributed by atoms with Gasteiger partial charge in [0.05, 0.1) is 11.1 Å². The van der Waals surface area contributed by atoms with Crippen LogP contribution in [0.25, 0.3) is 10.2 Å². The van der Waals surface area contributed by atoms with Crippen LogP contribution in [-0.2, 0) is 18.6 Å². The van der Waals surface area contributed by atoms with Gasteiger partial charge < -0.3 is 4.42 Å². The molecule has 3 aromatic rings. The number of aryl methyl sites for hydroxylation is 2. The molecule has 0 N–H and O–H groups in total. The summed E-state index contributed by atoms with van der Waals surface area (Å²) >= 11 is 3.25. The van der Waals surface area contributed by atoms with Gasteiger partial charge in [0.2, 0.25) is 11.8 Å². The van der Waals surface area contributed by atoms with Crippen LogP contribution in [0.3, 0.4) is 0 Å². The van der Waals surface area contributed by atoms with Gasteiger partial charge in [-0.25, -0.2) is 4.98 Å². The van der Waals surface area contributed by atoms with Crippen LogP contribution in [0.4, 0.5) is 0 Å². The Morgan fingerprint density at radius 2 is 2.07 bits per heavy atom. The van der Waals surface area contributed by atoms with E-state index in [4.69, 9.17) is 9.40 Å². The first-order valence-corrected chi connectivity index (χ1v) is 12.5. The smallest absolute Gasteiger partial charge is 0.263 e. The highest BCUT2D eigenvalue weighted by Gasteiger charge is 2.29. The average molecular weight is 431 g/mol. The van der Waals surface area contributed by atoms with Gasteiger partial charge in [0.25, 0.3) is 5.56 Å². The van der Waals surface area contributed by atoms with E-state index in [0.717, 1.165) is 53.4 Å². The molecule has 154 valence electrons. The quantitative estimate of drug-likeness (QED) is 0.302. The number of hydrogen-bond acceptors (Lipinski definition) is 7. The Bertz CT molecular complexity index is 1100. The highest BCUT2D eigenvalue weighted by Crippen LogP contribution is 2.39. The van der Waals surface area contributed by atoms with E-state index < -0.39 is 0 Å². The third-order valence-corrected chi connectivity index (χ3v) is 8.13. The van der Waals surface area contributed by atoms with Crippen molar-refractivity contribution in [3.8, 4) is 0 Å². The van der Waals surface area contributed by atoms with Gasteiger partial charge in [0.1, 0.15) is 4.83 Å². The van der Waals surface area contributed by atoms with Gasteiger partial charge in [-0.15, -0.1) is 21.5 Å². The Kier molecular flexibility index (Phi) is 5.24. The lowest BCUT2D eigenvalue weighted by Crippen LogP contribution is -2.26. The van der Waals surface area contributed by atoms with Crippen LogP contribution in [0, 0.1) is 0 Å². The first-order valence-electron chi connectivity index (χ1n) is 10.7. The molecule has 0 aliphatic heterocycles. The summed E-state index contributed by atoms with van der Waals surface area (Å²) in [6, 6.07) is 0.105. The van der Waals surface area contributed by atoms with Gasteiger partial charge in [-0.2, -0.15) is 0 Å². The molecule has 3 aromatic heterocycles. The number of aromatic nitrogens is 4. The van der Waals surface area contributed by atoms with Crippen LogP contribution in [0.15, 0.2) is 14.4 Å². The fourth-order valence-corrected chi connectivity index (χ4v) is 6.23. The van der Waals surface area contributed by atoms with Crippen LogP contribution in [0.2, 0.25) is 0 Å². The molecule has 1 unspecified atom stereocenters. The number of fused-ring (bicyclic) bond motifs is 3. The normalized spacial score (nSPS) is 18.0. The van der Waals surface area contributed by atoms with Crippen molar-refractivity contribution in [2.24, 2.45) is 0 Å². The fraction of sp³-hybridized carbons (Fsp3) is 0.619. The zero-order valence-electron chi connectivity index (χ0n) is 16.9. The summed E-state index contributed by atoms with van der Waals surface area (Å²) in [4.78, 5) is 20.8. The van der Waals surface area contributed by atoms with Crippen molar-refractivity contribution < 1.29 is 4.42 Å². The molecule has 0 spiro atoms. The summed E-state index contributed by atoms with van der Waals surface area (Å²) in [5.74, 6) is 2.36. The minimum atomic E-state index is 0.105. The van der Waals surface area contributed by atoms with E-state index in [1.165, 1.54) is 41.5 Å². The van der Waals surface area contributed by atoms with Crippen molar-refractivity contribution >= 4 is 33.3 Å². The van der Waals surface area contributed by atoms with Crippen molar-refractivity contribution in [3.63, 3.8) is 0 Å². The summed E-state index contributed by atoms with van der Waals surface area (Å²) in [5, 5.41) is 9.98. The van der Waals surface area contributed by atoms with E-state index in [2.05, 4.69) is 24.0 Å². The van der Waals surface area contributed by atoms with Gasteiger partial charge in [0, 0.05) is 16.8 Å². The van der Waals surface area contributed by atoms with Crippen molar-refractivity contribution in [2.75, 3.05) is 0 Å². The fourth-order valence-electron chi connectivity index (χ4n) is 4.00. The predicted molar refractivity (Wildman–Crippen MR) is 116 cm³/mol. The van der Waals surface area contributed by atoms with E-state index in [-0.39, 0.29) is 11.6 Å². The third-order valence-electron chi connectivity index (χ3n) is 6.00. The molecule has 1 atom stereocenters. The van der Waals surface area contributed by atoms with E-state index in [1.54, 1.807) is 11.3 Å². The Hall–Kier alpha value is -1.67. The number of nitrogens with zero attached hydrogens (tertiary/aromatic N) is 4. The number of rotatable bonds is 6. The van der Waals surface area contributed by atoms with Crippen LogP contribution < -0.4 is 5.56 Å². The number of thioether (sulfide) groups is 1. The predicted octanol–water partition coefficient (Wildman–Crippen LogP) is 5.25. The van der Waals surface area contributed by atoms with E-state index in [0.29, 0.717) is 17.6 Å². The lowest BCUT2D eigenvalue weighted by atomic mass is 10.1. The van der Waals surface area contributed by atoms with Crippen molar-refractivity contribution in [1.82, 2.24) is 19.7 Å². The number of thiophene rings is 1. The van der Waals surface area contributed by atoms with Gasteiger partial charge in [-0.1, -0.05) is 25.1 Å². The van der Waals surface area contributed by atoms with Crippen molar-refractivity contribution in [1.29, 1.82) is 0 Å². The molecule has 29 heavy (non-hydrogen) atoms. The Labute approximate surface area is 178 Å². The van der Waals surface area contributed by atoms with Gasteiger partial charge in [-0.3, -0.25) is 9.36 Å². The molecule has 0 aromatic carbocycles. The van der Waals surface area contributed by atoms with E-state index >= 15 is 0 Å². The Balaban J connectivity index is 1.53.